The molecular formula is C23H36Cl2N4O2. The molecule has 0 aromatic heterocycles. The van der Waals surface area contributed by atoms with Gasteiger partial charge in [-0.15, -0.1) is 0 Å². The maximum Gasteiger partial charge on any atom is 0.196 e. The third kappa shape index (κ3) is 8.10. The molecule has 3 rings (SSSR count). The predicted molar refractivity (Wildman–Crippen MR) is 129 cm³/mol. The van der Waals surface area contributed by atoms with Gasteiger partial charge in [-0.1, -0.05) is 23.2 Å². The van der Waals surface area contributed by atoms with Crippen LogP contribution in [0.15, 0.2) is 23.2 Å². The van der Waals surface area contributed by atoms with Gasteiger partial charge in [0.15, 0.2) is 5.96 Å². The van der Waals surface area contributed by atoms with Gasteiger partial charge in [0.1, 0.15) is 0 Å². The van der Waals surface area contributed by atoms with Crippen LogP contribution in [-0.2, 0) is 0 Å². The van der Waals surface area contributed by atoms with Gasteiger partial charge in [0, 0.05) is 17.1 Å². The number of rotatable bonds is 7. The number of aliphatic hydroxyl groups is 2. The van der Waals surface area contributed by atoms with E-state index >= 15 is 0 Å². The maximum absolute atomic E-state index is 9.71. The smallest absolute Gasteiger partial charge is 0.196 e. The van der Waals surface area contributed by atoms with Crippen molar-refractivity contribution in [1.29, 1.82) is 0 Å². The lowest BCUT2D eigenvalue weighted by molar-refractivity contribution is 0.102. The fraction of sp³-hybridized carbons (Fsp3) is 0.696. The molecule has 1 unspecified atom stereocenters. The molecule has 2 aliphatic rings. The van der Waals surface area contributed by atoms with Gasteiger partial charge >= 0.3 is 0 Å². The standard InChI is InChI=1S/C23H36Cl2N4O2/c24-17-5-10-22(21(25)12-17)29-23(27-13-20(31)14-30)28-19-8-3-16(4-9-19)11-15-1-6-18(26)7-2-15/h5,10,12,15-16,18-20,30-31H,1-4,6-9,11,13-14,26H2,(H2,27,28,29). The number of guanidine groups is 1. The zero-order chi connectivity index (χ0) is 22.2. The number of benzene rings is 1. The fourth-order valence-corrected chi connectivity index (χ4v) is 5.18. The van der Waals surface area contributed by atoms with Crippen molar-refractivity contribution < 1.29 is 10.2 Å². The highest BCUT2D eigenvalue weighted by Gasteiger charge is 2.26. The van der Waals surface area contributed by atoms with Crippen molar-refractivity contribution in [3.05, 3.63) is 28.2 Å². The van der Waals surface area contributed by atoms with E-state index in [0.29, 0.717) is 33.8 Å². The van der Waals surface area contributed by atoms with E-state index in [1.54, 1.807) is 18.2 Å². The Morgan fingerprint density at radius 2 is 1.71 bits per heavy atom. The highest BCUT2D eigenvalue weighted by molar-refractivity contribution is 6.36. The van der Waals surface area contributed by atoms with Crippen molar-refractivity contribution in [3.63, 3.8) is 0 Å². The van der Waals surface area contributed by atoms with Crippen molar-refractivity contribution in [3.8, 4) is 0 Å². The first-order chi connectivity index (χ1) is 14.9. The zero-order valence-electron chi connectivity index (χ0n) is 18.1. The quantitative estimate of drug-likeness (QED) is 0.304. The Balaban J connectivity index is 1.53. The molecule has 31 heavy (non-hydrogen) atoms. The van der Waals surface area contributed by atoms with Gasteiger partial charge in [0.25, 0.3) is 0 Å². The average molecular weight is 471 g/mol. The lowest BCUT2D eigenvalue weighted by atomic mass is 9.76. The van der Waals surface area contributed by atoms with Crippen LogP contribution in [0.1, 0.15) is 57.8 Å². The molecular weight excluding hydrogens is 435 g/mol. The number of aliphatic imine (C=N–C) groups is 1. The largest absolute Gasteiger partial charge is 0.394 e. The summed E-state index contributed by atoms with van der Waals surface area (Å²) in [6.45, 7) is -0.216. The van der Waals surface area contributed by atoms with Crippen LogP contribution < -0.4 is 16.4 Å². The lowest BCUT2D eigenvalue weighted by Gasteiger charge is -2.34. The van der Waals surface area contributed by atoms with E-state index in [4.69, 9.17) is 34.0 Å². The zero-order valence-corrected chi connectivity index (χ0v) is 19.6. The number of hydrogen-bond donors (Lipinski definition) is 5. The molecule has 8 heteroatoms. The summed E-state index contributed by atoms with van der Waals surface area (Å²) in [5, 5.41) is 26.6. The summed E-state index contributed by atoms with van der Waals surface area (Å²) in [6.07, 6.45) is 10.00. The van der Waals surface area contributed by atoms with Crippen LogP contribution in [0.2, 0.25) is 10.0 Å². The molecule has 2 saturated carbocycles. The van der Waals surface area contributed by atoms with E-state index in [2.05, 4.69) is 15.6 Å². The van der Waals surface area contributed by atoms with Crippen LogP contribution in [0.3, 0.4) is 0 Å². The van der Waals surface area contributed by atoms with Gasteiger partial charge in [0.2, 0.25) is 0 Å². The Hall–Kier alpha value is -1.05. The number of nitrogens with zero attached hydrogens (tertiary/aromatic N) is 1. The summed E-state index contributed by atoms with van der Waals surface area (Å²) in [7, 11) is 0. The third-order valence-electron chi connectivity index (χ3n) is 6.60. The Morgan fingerprint density at radius 3 is 2.32 bits per heavy atom. The molecule has 0 heterocycles. The van der Waals surface area contributed by atoms with Crippen LogP contribution in [0.25, 0.3) is 0 Å². The van der Waals surface area contributed by atoms with Gasteiger partial charge in [-0.2, -0.15) is 0 Å². The second-order valence-corrected chi connectivity index (χ2v) is 10.00. The molecule has 0 saturated heterocycles. The van der Waals surface area contributed by atoms with E-state index in [0.717, 1.165) is 24.7 Å². The molecule has 6 nitrogen and oxygen atoms in total. The molecule has 6 N–H and O–H groups in total. The van der Waals surface area contributed by atoms with Crippen LogP contribution in [0.4, 0.5) is 5.69 Å². The topological polar surface area (TPSA) is 103 Å². The molecule has 0 aliphatic heterocycles. The molecule has 2 aliphatic carbocycles. The van der Waals surface area contributed by atoms with Crippen molar-refractivity contribution >= 4 is 34.8 Å². The van der Waals surface area contributed by atoms with E-state index in [9.17, 15) is 5.11 Å². The second kappa shape index (κ2) is 12.3. The fourth-order valence-electron chi connectivity index (χ4n) is 4.73. The first-order valence-electron chi connectivity index (χ1n) is 11.5. The van der Waals surface area contributed by atoms with E-state index in [1.165, 1.54) is 44.9 Å². The lowest BCUT2D eigenvalue weighted by Crippen LogP contribution is -2.42. The highest BCUT2D eigenvalue weighted by Crippen LogP contribution is 2.35. The Morgan fingerprint density at radius 1 is 1.06 bits per heavy atom. The SMILES string of the molecule is NC1CCC(CC2CCC(NC(=NCC(O)CO)Nc3ccc(Cl)cc3Cl)CC2)CC1. The summed E-state index contributed by atoms with van der Waals surface area (Å²) in [4.78, 5) is 4.45. The molecule has 174 valence electrons. The Kier molecular flexibility index (Phi) is 9.72. The molecule has 1 atom stereocenters. The Bertz CT molecular complexity index is 718. The minimum atomic E-state index is -0.890. The van der Waals surface area contributed by atoms with Crippen molar-refractivity contribution in [1.82, 2.24) is 5.32 Å². The summed E-state index contributed by atoms with van der Waals surface area (Å²) in [6, 6.07) is 5.98. The van der Waals surface area contributed by atoms with Gasteiger partial charge in [-0.3, -0.25) is 4.99 Å². The summed E-state index contributed by atoms with van der Waals surface area (Å²) < 4.78 is 0. The molecule has 0 amide bonds. The minimum Gasteiger partial charge on any atom is -0.394 e. The van der Waals surface area contributed by atoms with Crippen molar-refractivity contribution in [2.45, 2.75) is 76.0 Å². The number of nitrogens with two attached hydrogens (primary N) is 1. The number of anilines is 1. The predicted octanol–water partition coefficient (Wildman–Crippen LogP) is 4.17. The van der Waals surface area contributed by atoms with Crippen LogP contribution >= 0.6 is 23.2 Å². The van der Waals surface area contributed by atoms with Gasteiger partial charge in [-0.25, -0.2) is 0 Å². The van der Waals surface area contributed by atoms with Crippen LogP contribution in [0, 0.1) is 11.8 Å². The average Bonchev–Trinajstić information content (AvgIpc) is 2.76. The molecule has 0 bridgehead atoms. The Labute approximate surface area is 195 Å². The van der Waals surface area contributed by atoms with E-state index in [1.807, 2.05) is 0 Å². The van der Waals surface area contributed by atoms with E-state index < -0.39 is 6.10 Å². The molecule has 2 fully saturated rings. The van der Waals surface area contributed by atoms with Gasteiger partial charge in [0.05, 0.1) is 30.0 Å². The van der Waals surface area contributed by atoms with E-state index in [-0.39, 0.29) is 13.2 Å². The number of halogens is 2. The van der Waals surface area contributed by atoms with Gasteiger partial charge in [-0.05, 0) is 87.8 Å². The minimum absolute atomic E-state index is 0.107. The third-order valence-corrected chi connectivity index (χ3v) is 7.15. The summed E-state index contributed by atoms with van der Waals surface area (Å²) >= 11 is 12.3. The first-order valence-corrected chi connectivity index (χ1v) is 12.3. The molecule has 1 aromatic carbocycles. The molecule has 1 aromatic rings. The molecule has 0 radical (unpaired) electrons. The van der Waals surface area contributed by atoms with Crippen LogP contribution in [0.5, 0.6) is 0 Å². The van der Waals surface area contributed by atoms with Crippen molar-refractivity contribution in [2.24, 2.45) is 22.6 Å². The summed E-state index contributed by atoms with van der Waals surface area (Å²) in [5.41, 5.74) is 6.74. The van der Waals surface area contributed by atoms with Crippen molar-refractivity contribution in [2.75, 3.05) is 18.5 Å². The number of hydrogen-bond acceptors (Lipinski definition) is 4. The maximum atomic E-state index is 9.71. The monoisotopic (exact) mass is 470 g/mol. The second-order valence-electron chi connectivity index (χ2n) is 9.15. The molecule has 0 spiro atoms. The highest BCUT2D eigenvalue weighted by atomic mass is 35.5. The summed E-state index contributed by atoms with van der Waals surface area (Å²) in [5.74, 6) is 2.20. The number of nitrogens with one attached hydrogen (secondary N) is 2. The van der Waals surface area contributed by atoms with Crippen LogP contribution in [-0.4, -0.2) is 47.5 Å². The normalized spacial score (nSPS) is 28.2. The first kappa shape index (κ1) is 24.6. The van der Waals surface area contributed by atoms with Gasteiger partial charge < -0.3 is 26.6 Å². The number of aliphatic hydroxyl groups excluding tert-OH is 2.